The number of aromatic carboxylic acids is 1. The molecule has 0 radical (unpaired) electrons. The molecule has 2 amide bonds. The first-order chi connectivity index (χ1) is 10.0. The van der Waals surface area contributed by atoms with Gasteiger partial charge in [0.1, 0.15) is 0 Å². The lowest BCUT2D eigenvalue weighted by atomic mass is 10.0. The molecule has 1 aromatic carbocycles. The highest BCUT2D eigenvalue weighted by Crippen LogP contribution is 2.22. The van der Waals surface area contributed by atoms with Crippen LogP contribution in [0.1, 0.15) is 49.4 Å². The second-order valence-corrected chi connectivity index (χ2v) is 5.79. The van der Waals surface area contributed by atoms with Gasteiger partial charge >= 0.3 is 12.0 Å². The van der Waals surface area contributed by atoms with E-state index in [1.807, 2.05) is 0 Å². The smallest absolute Gasteiger partial charge is 0.335 e. The molecule has 1 saturated carbocycles. The second kappa shape index (κ2) is 7.11. The van der Waals surface area contributed by atoms with Crippen LogP contribution in [-0.4, -0.2) is 23.1 Å². The Morgan fingerprint density at radius 3 is 2.76 bits per heavy atom. The zero-order valence-corrected chi connectivity index (χ0v) is 12.3. The van der Waals surface area contributed by atoms with Crippen molar-refractivity contribution in [1.82, 2.24) is 5.32 Å². The van der Waals surface area contributed by atoms with Crippen LogP contribution in [0.5, 0.6) is 0 Å². The zero-order valence-electron chi connectivity index (χ0n) is 12.3. The van der Waals surface area contributed by atoms with Crippen molar-refractivity contribution in [1.29, 1.82) is 0 Å². The lowest BCUT2D eigenvalue weighted by Gasteiger charge is -2.17. The molecule has 0 bridgehead atoms. The van der Waals surface area contributed by atoms with Crippen molar-refractivity contribution in [2.75, 3.05) is 5.32 Å². The highest BCUT2D eigenvalue weighted by atomic mass is 16.4. The first-order valence-electron chi connectivity index (χ1n) is 7.45. The lowest BCUT2D eigenvalue weighted by molar-refractivity contribution is 0.0697. The summed E-state index contributed by atoms with van der Waals surface area (Å²) in [7, 11) is 0. The fourth-order valence-corrected chi connectivity index (χ4v) is 2.71. The van der Waals surface area contributed by atoms with Gasteiger partial charge in [-0.3, -0.25) is 0 Å². The molecule has 1 aliphatic rings. The van der Waals surface area contributed by atoms with E-state index in [9.17, 15) is 9.59 Å². The summed E-state index contributed by atoms with van der Waals surface area (Å²) >= 11 is 0. The molecule has 2 unspecified atom stereocenters. The average Bonchev–Trinajstić information content (AvgIpc) is 2.64. The van der Waals surface area contributed by atoms with E-state index in [-0.39, 0.29) is 17.6 Å². The first kappa shape index (κ1) is 15.4. The Bertz CT molecular complexity index is 516. The molecule has 114 valence electrons. The molecule has 5 nitrogen and oxygen atoms in total. The molecule has 1 fully saturated rings. The predicted octanol–water partition coefficient (Wildman–Crippen LogP) is 3.48. The minimum Gasteiger partial charge on any atom is -0.478 e. The number of carboxylic acid groups (broad SMARTS) is 1. The number of anilines is 1. The minimum absolute atomic E-state index is 0.163. The molecule has 0 spiro atoms. The Morgan fingerprint density at radius 1 is 1.19 bits per heavy atom. The third-order valence-electron chi connectivity index (χ3n) is 3.96. The average molecular weight is 290 g/mol. The molecule has 0 heterocycles. The maximum absolute atomic E-state index is 12.0. The van der Waals surface area contributed by atoms with E-state index in [0.29, 0.717) is 5.69 Å². The monoisotopic (exact) mass is 290 g/mol. The van der Waals surface area contributed by atoms with Gasteiger partial charge in [-0.25, -0.2) is 9.59 Å². The van der Waals surface area contributed by atoms with Crippen LogP contribution < -0.4 is 10.6 Å². The molecule has 5 heteroatoms. The van der Waals surface area contributed by atoms with Crippen molar-refractivity contribution in [3.05, 3.63) is 29.8 Å². The largest absolute Gasteiger partial charge is 0.478 e. The Labute approximate surface area is 124 Å². The number of carboxylic acids is 1. The molecule has 0 aliphatic heterocycles. The lowest BCUT2D eigenvalue weighted by Crippen LogP contribution is -2.37. The number of urea groups is 1. The zero-order chi connectivity index (χ0) is 15.2. The summed E-state index contributed by atoms with van der Waals surface area (Å²) in [6.45, 7) is 2.25. The summed E-state index contributed by atoms with van der Waals surface area (Å²) in [6.07, 6.45) is 5.51. The van der Waals surface area contributed by atoms with Crippen LogP contribution in [0.3, 0.4) is 0 Å². The van der Waals surface area contributed by atoms with E-state index in [1.165, 1.54) is 18.6 Å². The summed E-state index contributed by atoms with van der Waals surface area (Å²) in [6, 6.07) is 6.19. The molecule has 3 N–H and O–H groups in total. The predicted molar refractivity (Wildman–Crippen MR) is 81.6 cm³/mol. The van der Waals surface area contributed by atoms with Gasteiger partial charge in [-0.15, -0.1) is 0 Å². The topological polar surface area (TPSA) is 78.4 Å². The first-order valence-corrected chi connectivity index (χ1v) is 7.45. The molecule has 0 saturated heterocycles. The van der Waals surface area contributed by atoms with Gasteiger partial charge in [0.25, 0.3) is 0 Å². The van der Waals surface area contributed by atoms with E-state index in [2.05, 4.69) is 17.6 Å². The summed E-state index contributed by atoms with van der Waals surface area (Å²) < 4.78 is 0. The third-order valence-corrected chi connectivity index (χ3v) is 3.96. The van der Waals surface area contributed by atoms with Crippen LogP contribution >= 0.6 is 0 Å². The van der Waals surface area contributed by atoms with Crippen LogP contribution in [-0.2, 0) is 0 Å². The number of rotatable bonds is 3. The van der Waals surface area contributed by atoms with Crippen molar-refractivity contribution < 1.29 is 14.7 Å². The van der Waals surface area contributed by atoms with Gasteiger partial charge in [-0.05, 0) is 43.4 Å². The number of amides is 2. The van der Waals surface area contributed by atoms with Crippen LogP contribution in [0.4, 0.5) is 10.5 Å². The van der Waals surface area contributed by atoms with Crippen LogP contribution in [0.15, 0.2) is 24.3 Å². The highest BCUT2D eigenvalue weighted by molar-refractivity contribution is 5.93. The van der Waals surface area contributed by atoms with Gasteiger partial charge in [0, 0.05) is 11.7 Å². The van der Waals surface area contributed by atoms with Crippen molar-refractivity contribution in [2.45, 2.75) is 45.1 Å². The molecule has 2 atom stereocenters. The maximum atomic E-state index is 12.0. The van der Waals surface area contributed by atoms with Crippen molar-refractivity contribution in [3.63, 3.8) is 0 Å². The van der Waals surface area contributed by atoms with Crippen molar-refractivity contribution in [2.24, 2.45) is 5.92 Å². The molecular formula is C16H22N2O3. The Hall–Kier alpha value is -2.04. The molecule has 1 aliphatic carbocycles. The number of carbonyl (C=O) groups excluding carboxylic acids is 1. The molecular weight excluding hydrogens is 268 g/mol. The molecule has 0 aromatic heterocycles. The third kappa shape index (κ3) is 4.77. The number of carbonyl (C=O) groups is 2. The normalized spacial score (nSPS) is 22.1. The SMILES string of the molecule is CC1CCCC(NC(=O)Nc2cccc(C(=O)O)c2)CC1. The van der Waals surface area contributed by atoms with Gasteiger partial charge in [-0.2, -0.15) is 0 Å². The quantitative estimate of drug-likeness (QED) is 0.746. The number of hydrogen-bond donors (Lipinski definition) is 3. The Kier molecular flexibility index (Phi) is 5.20. The van der Waals surface area contributed by atoms with E-state index in [0.717, 1.165) is 31.6 Å². The van der Waals surface area contributed by atoms with Crippen LogP contribution in [0.25, 0.3) is 0 Å². The van der Waals surface area contributed by atoms with Crippen LogP contribution in [0.2, 0.25) is 0 Å². The van der Waals surface area contributed by atoms with Gasteiger partial charge in [0.05, 0.1) is 5.56 Å². The highest BCUT2D eigenvalue weighted by Gasteiger charge is 2.18. The van der Waals surface area contributed by atoms with Crippen LogP contribution in [0, 0.1) is 5.92 Å². The van der Waals surface area contributed by atoms with Gasteiger partial charge < -0.3 is 15.7 Å². The fourth-order valence-electron chi connectivity index (χ4n) is 2.71. The van der Waals surface area contributed by atoms with Gasteiger partial charge in [0.15, 0.2) is 0 Å². The second-order valence-electron chi connectivity index (χ2n) is 5.79. The van der Waals surface area contributed by atoms with Crippen molar-refractivity contribution in [3.8, 4) is 0 Å². The van der Waals surface area contributed by atoms with E-state index in [1.54, 1.807) is 12.1 Å². The molecule has 1 aromatic rings. The summed E-state index contributed by atoms with van der Waals surface area (Å²) in [5, 5.41) is 14.6. The standard InChI is InChI=1S/C16H22N2O3/c1-11-4-2-6-13(9-8-11)17-16(21)18-14-7-3-5-12(10-14)15(19)20/h3,5,7,10-11,13H,2,4,6,8-9H2,1H3,(H,19,20)(H2,17,18,21). The van der Waals surface area contributed by atoms with Crippen molar-refractivity contribution >= 4 is 17.7 Å². The van der Waals surface area contributed by atoms with E-state index < -0.39 is 5.97 Å². The summed E-state index contributed by atoms with van der Waals surface area (Å²) in [4.78, 5) is 22.9. The van der Waals surface area contributed by atoms with Gasteiger partial charge in [0.2, 0.25) is 0 Å². The van der Waals surface area contributed by atoms with E-state index in [4.69, 9.17) is 5.11 Å². The summed E-state index contributed by atoms with van der Waals surface area (Å²) in [5.74, 6) is -0.274. The Balaban J connectivity index is 1.89. The molecule has 2 rings (SSSR count). The summed E-state index contributed by atoms with van der Waals surface area (Å²) in [5.41, 5.74) is 0.658. The Morgan fingerprint density at radius 2 is 2.00 bits per heavy atom. The fraction of sp³-hybridized carbons (Fsp3) is 0.500. The minimum atomic E-state index is -1.00. The number of hydrogen-bond acceptors (Lipinski definition) is 2. The molecule has 21 heavy (non-hydrogen) atoms. The number of benzene rings is 1. The van der Waals surface area contributed by atoms with E-state index >= 15 is 0 Å². The van der Waals surface area contributed by atoms with Gasteiger partial charge in [-0.1, -0.05) is 25.8 Å². The maximum Gasteiger partial charge on any atom is 0.335 e. The number of nitrogens with one attached hydrogen (secondary N) is 2.